The van der Waals surface area contributed by atoms with Crippen LogP contribution in [-0.2, 0) is 34.5 Å². The minimum absolute atomic E-state index is 0.0341. The number of aliphatic hydroxyl groups excluding tert-OH is 2. The SMILES string of the molecule is CC(C)(C)[Si](C)(C)OC1[C@H](n2cnc3c(=O)[nH]cnc32)O[C@H](CO)[C@H]1OP(=S)(OCCC#N)OC[C@H]1C[C@@H](n2cnc3c(Cl)ncnc32)[C@@H]1CO. The third kappa shape index (κ3) is 7.42. The Morgan fingerprint density at radius 3 is 2.53 bits per heavy atom. The topological polar surface area (TPSA) is 218 Å². The van der Waals surface area contributed by atoms with Crippen LogP contribution in [0.5, 0.6) is 0 Å². The van der Waals surface area contributed by atoms with E-state index >= 15 is 0 Å². The standard InChI is InChI=1S/C30H41ClN9O8PSSi/c1-30(2,3)51(4,5)48-24-23(20(11-42)46-29(24)40-16-38-22-27(40)35-14-36-28(22)43)47-49(50,44-8-6-7-32)45-12-17-9-19(18(17)10-41)39-15-37-21-25(31)33-13-34-26(21)39/h13-20,23-24,29,41-42H,6,8-12H2,1-5H3,(H,35,36,43)/t17-,18-,19-,20-,23-,24?,29-,49?/m1/s1. The summed E-state index contributed by atoms with van der Waals surface area (Å²) in [6, 6.07) is 1.91. The molecule has 0 spiro atoms. The van der Waals surface area contributed by atoms with Gasteiger partial charge in [0.15, 0.2) is 36.5 Å². The first-order chi connectivity index (χ1) is 24.2. The van der Waals surface area contributed by atoms with Crippen molar-refractivity contribution in [2.45, 2.75) is 82.3 Å². The first kappa shape index (κ1) is 38.0. The fourth-order valence-corrected chi connectivity index (χ4v) is 9.77. The summed E-state index contributed by atoms with van der Waals surface area (Å²) in [6.45, 7) is 6.19. The molecule has 0 amide bonds. The lowest BCUT2D eigenvalue weighted by Gasteiger charge is -2.45. The zero-order valence-corrected chi connectivity index (χ0v) is 32.2. The summed E-state index contributed by atoms with van der Waals surface area (Å²) in [5.41, 5.74) is 0.996. The van der Waals surface area contributed by atoms with Crippen molar-refractivity contribution >= 4 is 60.8 Å². The summed E-state index contributed by atoms with van der Waals surface area (Å²) in [5.74, 6) is -0.370. The number of aromatic nitrogens is 8. The maximum absolute atomic E-state index is 12.5. The van der Waals surface area contributed by atoms with Crippen LogP contribution in [0, 0.1) is 23.2 Å². The highest BCUT2D eigenvalue weighted by Gasteiger charge is 2.54. The van der Waals surface area contributed by atoms with Gasteiger partial charge < -0.3 is 38.0 Å². The van der Waals surface area contributed by atoms with Gasteiger partial charge in [0.1, 0.15) is 30.2 Å². The molecule has 0 aromatic carbocycles. The second-order valence-corrected chi connectivity index (χ2v) is 22.2. The van der Waals surface area contributed by atoms with Gasteiger partial charge in [-0.25, -0.2) is 24.9 Å². The van der Waals surface area contributed by atoms with E-state index in [9.17, 15) is 20.3 Å². The van der Waals surface area contributed by atoms with Gasteiger partial charge in [0.05, 0.1) is 51.3 Å². The average molecular weight is 782 g/mol. The lowest BCUT2D eigenvalue weighted by molar-refractivity contribution is -0.0501. The molecule has 1 saturated carbocycles. The molecule has 0 bridgehead atoms. The number of rotatable bonds is 14. The van der Waals surface area contributed by atoms with Gasteiger partial charge in [-0.05, 0) is 42.3 Å². The average Bonchev–Trinajstić information content (AvgIpc) is 3.77. The Labute approximate surface area is 304 Å². The molecular weight excluding hydrogens is 741 g/mol. The molecule has 1 saturated heterocycles. The number of fused-ring (bicyclic) bond motifs is 2. The molecule has 0 radical (unpaired) electrons. The number of H-pyrrole nitrogens is 1. The molecule has 51 heavy (non-hydrogen) atoms. The van der Waals surface area contributed by atoms with Crippen molar-refractivity contribution in [3.63, 3.8) is 0 Å². The number of nitrogens with one attached hydrogen (secondary N) is 1. The summed E-state index contributed by atoms with van der Waals surface area (Å²) in [7, 11) is -2.56. The van der Waals surface area contributed by atoms with Crippen molar-refractivity contribution in [2.24, 2.45) is 11.8 Å². The van der Waals surface area contributed by atoms with Crippen LogP contribution in [0.3, 0.4) is 0 Å². The molecule has 4 aromatic heterocycles. The summed E-state index contributed by atoms with van der Waals surface area (Å²) in [6.07, 6.45) is 2.64. The molecule has 1 aliphatic heterocycles. The van der Waals surface area contributed by atoms with Crippen molar-refractivity contribution in [3.8, 4) is 6.07 Å². The molecule has 8 atom stereocenters. The molecule has 6 rings (SSSR count). The predicted molar refractivity (Wildman–Crippen MR) is 191 cm³/mol. The second kappa shape index (κ2) is 15.0. The van der Waals surface area contributed by atoms with Crippen molar-refractivity contribution in [2.75, 3.05) is 26.4 Å². The summed E-state index contributed by atoms with van der Waals surface area (Å²) in [4.78, 5) is 36.3. The van der Waals surface area contributed by atoms with Gasteiger partial charge in [-0.15, -0.1) is 0 Å². The molecule has 4 aromatic rings. The number of nitrogens with zero attached hydrogens (tertiary/aromatic N) is 8. The Balaban J connectivity index is 1.27. The van der Waals surface area contributed by atoms with E-state index in [-0.39, 0.29) is 65.5 Å². The van der Waals surface area contributed by atoms with Gasteiger partial charge >= 0.3 is 6.72 Å². The molecule has 17 nitrogen and oxygen atoms in total. The van der Waals surface area contributed by atoms with Gasteiger partial charge in [-0.3, -0.25) is 13.9 Å². The molecule has 21 heteroatoms. The molecule has 2 aliphatic rings. The predicted octanol–water partition coefficient (Wildman–Crippen LogP) is 3.62. The van der Waals surface area contributed by atoms with Crippen LogP contribution in [0.4, 0.5) is 0 Å². The van der Waals surface area contributed by atoms with E-state index in [1.54, 1.807) is 10.9 Å². The van der Waals surface area contributed by atoms with Crippen molar-refractivity contribution in [1.82, 2.24) is 39.0 Å². The van der Waals surface area contributed by atoms with E-state index < -0.39 is 51.7 Å². The molecule has 276 valence electrons. The minimum Gasteiger partial charge on any atom is -0.407 e. The van der Waals surface area contributed by atoms with Crippen molar-refractivity contribution in [3.05, 3.63) is 40.8 Å². The Kier molecular flexibility index (Phi) is 11.1. The summed E-state index contributed by atoms with van der Waals surface area (Å²) >= 11 is 12.2. The largest absolute Gasteiger partial charge is 0.407 e. The fraction of sp³-hybridized carbons (Fsp3) is 0.633. The zero-order chi connectivity index (χ0) is 36.7. The smallest absolute Gasteiger partial charge is 0.327 e. The number of nitriles is 1. The zero-order valence-electron chi connectivity index (χ0n) is 28.7. The van der Waals surface area contributed by atoms with Gasteiger partial charge in [0, 0.05) is 18.6 Å². The van der Waals surface area contributed by atoms with Crippen LogP contribution in [0.15, 0.2) is 30.1 Å². The van der Waals surface area contributed by atoms with Crippen molar-refractivity contribution < 1.29 is 32.9 Å². The normalized spacial score (nSPS) is 26.7. The second-order valence-electron chi connectivity index (χ2n) is 14.1. The van der Waals surface area contributed by atoms with Crippen LogP contribution in [-0.4, -0.2) is 102 Å². The number of halogens is 1. The molecule has 3 N–H and O–H groups in total. The molecular formula is C30H41ClN9O8PSSi. The Hall–Kier alpha value is -2.73. The third-order valence-corrected chi connectivity index (χ3v) is 17.1. The maximum atomic E-state index is 12.5. The highest BCUT2D eigenvalue weighted by Crippen LogP contribution is 2.57. The minimum atomic E-state index is -3.66. The van der Waals surface area contributed by atoms with Crippen LogP contribution in [0.25, 0.3) is 22.3 Å². The molecule has 5 heterocycles. The number of hydrogen-bond acceptors (Lipinski definition) is 15. The van der Waals surface area contributed by atoms with E-state index in [2.05, 4.69) is 63.8 Å². The first-order valence-corrected chi connectivity index (χ1v) is 22.3. The van der Waals surface area contributed by atoms with Crippen LogP contribution in [0.1, 0.15) is 45.9 Å². The van der Waals surface area contributed by atoms with Gasteiger partial charge in [0.25, 0.3) is 5.56 Å². The Bertz CT molecular complexity index is 2020. The van der Waals surface area contributed by atoms with Crippen molar-refractivity contribution in [1.29, 1.82) is 5.26 Å². The number of ether oxygens (including phenoxy) is 1. The van der Waals surface area contributed by atoms with Crippen LogP contribution in [0.2, 0.25) is 23.3 Å². The maximum Gasteiger partial charge on any atom is 0.327 e. The number of hydrogen-bond donors (Lipinski definition) is 3. The van der Waals surface area contributed by atoms with Crippen LogP contribution < -0.4 is 5.56 Å². The summed E-state index contributed by atoms with van der Waals surface area (Å²) < 4.78 is 35.8. The van der Waals surface area contributed by atoms with Gasteiger partial charge in [-0.2, -0.15) is 5.26 Å². The Morgan fingerprint density at radius 1 is 1.10 bits per heavy atom. The monoisotopic (exact) mass is 781 g/mol. The molecule has 2 unspecified atom stereocenters. The lowest BCUT2D eigenvalue weighted by Crippen LogP contribution is -2.49. The van der Waals surface area contributed by atoms with Crippen LogP contribution >= 0.6 is 18.3 Å². The third-order valence-electron chi connectivity index (χ3n) is 10.0. The quantitative estimate of drug-likeness (QED) is 0.0721. The molecule has 2 fully saturated rings. The van der Waals surface area contributed by atoms with E-state index in [1.807, 2.05) is 10.6 Å². The fourth-order valence-electron chi connectivity index (χ4n) is 6.16. The summed E-state index contributed by atoms with van der Waals surface area (Å²) in [5, 5.41) is 30.3. The van der Waals surface area contributed by atoms with E-state index in [0.29, 0.717) is 17.6 Å². The Morgan fingerprint density at radius 2 is 1.82 bits per heavy atom. The number of aliphatic hydroxyl groups is 2. The van der Waals surface area contributed by atoms with E-state index in [4.69, 9.17) is 46.1 Å². The lowest BCUT2D eigenvalue weighted by atomic mass is 9.70. The van der Waals surface area contributed by atoms with Gasteiger partial charge in [-0.1, -0.05) is 32.4 Å². The highest BCUT2D eigenvalue weighted by molar-refractivity contribution is 8.07. The van der Waals surface area contributed by atoms with E-state index in [0.717, 1.165) is 0 Å². The van der Waals surface area contributed by atoms with Gasteiger partial charge in [0.2, 0.25) is 0 Å². The number of aromatic amines is 1. The number of imidazole rings is 2. The van der Waals surface area contributed by atoms with E-state index in [1.165, 1.54) is 19.0 Å². The molecule has 1 aliphatic carbocycles. The first-order valence-electron chi connectivity index (χ1n) is 16.4. The highest BCUT2D eigenvalue weighted by atomic mass is 35.5.